The van der Waals surface area contributed by atoms with E-state index in [-0.39, 0.29) is 6.54 Å². The number of β-amino-alcohol motifs (C(OH)–C–C–N with tert-alkyl or cyclic N) is 1. The summed E-state index contributed by atoms with van der Waals surface area (Å²) in [6, 6.07) is 5.82. The van der Waals surface area contributed by atoms with Crippen molar-refractivity contribution in [1.82, 2.24) is 0 Å². The highest BCUT2D eigenvalue weighted by Gasteiger charge is 2.24. The van der Waals surface area contributed by atoms with Crippen LogP contribution in [0.1, 0.15) is 5.56 Å². The fraction of sp³-hybridized carbons (Fsp3) is 0.250. The molecule has 5 heteroatoms. The van der Waals surface area contributed by atoms with Gasteiger partial charge in [0.1, 0.15) is 7.85 Å². The van der Waals surface area contributed by atoms with Crippen LogP contribution in [0, 0.1) is 0 Å². The zero-order valence-electron chi connectivity index (χ0n) is 11.8. The van der Waals surface area contributed by atoms with Crippen molar-refractivity contribution in [3.05, 3.63) is 53.1 Å². The van der Waals surface area contributed by atoms with E-state index >= 15 is 0 Å². The van der Waals surface area contributed by atoms with Crippen molar-refractivity contribution in [2.45, 2.75) is 6.10 Å². The molecule has 1 aromatic rings. The second kappa shape index (κ2) is 7.12. The second-order valence-electron chi connectivity index (χ2n) is 5.00. The van der Waals surface area contributed by atoms with Crippen molar-refractivity contribution in [3.8, 4) is 0 Å². The molecule has 3 nitrogen and oxygen atoms in total. The molecule has 108 valence electrons. The molecule has 0 fully saturated rings. The van der Waals surface area contributed by atoms with Gasteiger partial charge in [0.05, 0.1) is 6.10 Å². The van der Waals surface area contributed by atoms with Crippen molar-refractivity contribution in [2.75, 3.05) is 24.5 Å². The lowest BCUT2D eigenvalue weighted by Crippen LogP contribution is -2.35. The average molecular weight is 345 g/mol. The van der Waals surface area contributed by atoms with Crippen LogP contribution in [-0.4, -0.2) is 38.7 Å². The Labute approximate surface area is 135 Å². The van der Waals surface area contributed by atoms with Crippen molar-refractivity contribution in [2.24, 2.45) is 5.73 Å². The number of aliphatic hydroxyl groups is 1. The van der Waals surface area contributed by atoms with E-state index in [1.807, 2.05) is 24.3 Å². The maximum Gasteiger partial charge on any atom is 0.113 e. The Kier molecular flexibility index (Phi) is 5.45. The van der Waals surface area contributed by atoms with Gasteiger partial charge >= 0.3 is 0 Å². The number of allylic oxidation sites excluding steroid dienone is 4. The summed E-state index contributed by atoms with van der Waals surface area (Å²) in [5.74, 6) is 0. The van der Waals surface area contributed by atoms with Gasteiger partial charge in [-0.05, 0) is 23.8 Å². The predicted molar refractivity (Wildman–Crippen MR) is 94.3 cm³/mol. The Hall–Kier alpha value is -1.30. The third-order valence-corrected chi connectivity index (χ3v) is 3.85. The normalized spacial score (nSPS) is 18.0. The summed E-state index contributed by atoms with van der Waals surface area (Å²) in [5.41, 5.74) is 9.54. The fourth-order valence-corrected chi connectivity index (χ4v) is 2.87. The Morgan fingerprint density at radius 3 is 3.00 bits per heavy atom. The van der Waals surface area contributed by atoms with E-state index < -0.39 is 6.10 Å². The molecule has 0 saturated heterocycles. The number of halogens is 1. The van der Waals surface area contributed by atoms with Crippen LogP contribution in [0.2, 0.25) is 0 Å². The van der Waals surface area contributed by atoms with Crippen LogP contribution < -0.4 is 16.1 Å². The summed E-state index contributed by atoms with van der Waals surface area (Å²) < 4.78 is 0.946. The molecule has 1 aliphatic rings. The Balaban J connectivity index is 2.37. The number of anilines is 1. The summed E-state index contributed by atoms with van der Waals surface area (Å²) in [7, 11) is 5.90. The zero-order valence-corrected chi connectivity index (χ0v) is 13.4. The largest absolute Gasteiger partial charge is 0.390 e. The first-order valence-electron chi connectivity index (χ1n) is 6.77. The highest BCUT2D eigenvalue weighted by atomic mass is 79.9. The smallest absolute Gasteiger partial charge is 0.113 e. The van der Waals surface area contributed by atoms with Gasteiger partial charge in [0.15, 0.2) is 0 Å². The van der Waals surface area contributed by atoms with Gasteiger partial charge < -0.3 is 15.7 Å². The van der Waals surface area contributed by atoms with Crippen LogP contribution in [0.25, 0.3) is 5.57 Å². The molecule has 3 N–H and O–H groups in total. The molecule has 2 radical (unpaired) electrons. The van der Waals surface area contributed by atoms with Crippen molar-refractivity contribution >= 4 is 40.5 Å². The number of benzene rings is 1. The van der Waals surface area contributed by atoms with Crippen molar-refractivity contribution in [3.63, 3.8) is 0 Å². The number of aliphatic hydroxyl groups excluding tert-OH is 1. The van der Waals surface area contributed by atoms with Crippen LogP contribution in [0.3, 0.4) is 0 Å². The molecular weight excluding hydrogens is 327 g/mol. The van der Waals surface area contributed by atoms with E-state index in [4.69, 9.17) is 13.6 Å². The lowest BCUT2D eigenvalue weighted by Gasteiger charge is -2.21. The minimum absolute atomic E-state index is 0.250. The molecule has 1 atom stereocenters. The number of hydrogen-bond acceptors (Lipinski definition) is 3. The maximum absolute atomic E-state index is 9.81. The maximum atomic E-state index is 9.81. The van der Waals surface area contributed by atoms with Crippen molar-refractivity contribution in [1.29, 1.82) is 0 Å². The quantitative estimate of drug-likeness (QED) is 0.628. The molecule has 0 amide bonds. The lowest BCUT2D eigenvalue weighted by atomic mass is 9.92. The van der Waals surface area contributed by atoms with Gasteiger partial charge in [0.25, 0.3) is 0 Å². The van der Waals surface area contributed by atoms with Gasteiger partial charge in [-0.3, -0.25) is 0 Å². The second-order valence-corrected chi connectivity index (χ2v) is 5.92. The standard InChI is InChI=1S/C16H18BBrN2O/c1-2-3-13(18)6-11-9-20(10-14(21)8-19)16-5-4-12(17)7-15(11)16/h2-7,14,21H,1,8-10,19H2/b11-6+,13-3+. The molecule has 0 saturated carbocycles. The first kappa shape index (κ1) is 16.1. The molecule has 1 aromatic carbocycles. The molecule has 0 aliphatic carbocycles. The summed E-state index contributed by atoms with van der Waals surface area (Å²) in [4.78, 5) is 2.12. The van der Waals surface area contributed by atoms with E-state index in [0.717, 1.165) is 33.3 Å². The van der Waals surface area contributed by atoms with E-state index in [2.05, 4.69) is 33.5 Å². The molecule has 0 aromatic heterocycles. The first-order chi connectivity index (χ1) is 10.0. The third-order valence-electron chi connectivity index (χ3n) is 3.36. The molecule has 2 rings (SSSR count). The van der Waals surface area contributed by atoms with E-state index in [9.17, 15) is 5.11 Å². The molecule has 1 aliphatic heterocycles. The van der Waals surface area contributed by atoms with Crippen molar-refractivity contribution < 1.29 is 5.11 Å². The van der Waals surface area contributed by atoms with E-state index in [1.165, 1.54) is 0 Å². The zero-order chi connectivity index (χ0) is 15.4. The highest BCUT2D eigenvalue weighted by Crippen LogP contribution is 2.36. The van der Waals surface area contributed by atoms with Crippen LogP contribution in [0.5, 0.6) is 0 Å². The highest BCUT2D eigenvalue weighted by molar-refractivity contribution is 9.11. The lowest BCUT2D eigenvalue weighted by molar-refractivity contribution is 0.189. The molecule has 0 bridgehead atoms. The number of nitrogens with zero attached hydrogens (tertiary/aromatic N) is 1. The topological polar surface area (TPSA) is 49.5 Å². The summed E-state index contributed by atoms with van der Waals surface area (Å²) in [6.07, 6.45) is 5.12. The van der Waals surface area contributed by atoms with E-state index in [1.54, 1.807) is 6.08 Å². The number of hydrogen-bond donors (Lipinski definition) is 2. The van der Waals surface area contributed by atoms with Gasteiger partial charge in [0, 0.05) is 35.4 Å². The third kappa shape index (κ3) is 3.87. The summed E-state index contributed by atoms with van der Waals surface area (Å²) >= 11 is 3.50. The minimum Gasteiger partial charge on any atom is -0.390 e. The monoisotopic (exact) mass is 344 g/mol. The van der Waals surface area contributed by atoms with Gasteiger partial charge in [-0.1, -0.05) is 46.2 Å². The van der Waals surface area contributed by atoms with Gasteiger partial charge in [0.2, 0.25) is 0 Å². The van der Waals surface area contributed by atoms with Crippen LogP contribution in [0.15, 0.2) is 47.5 Å². The van der Waals surface area contributed by atoms with Crippen LogP contribution >= 0.6 is 15.9 Å². The first-order valence-corrected chi connectivity index (χ1v) is 7.56. The molecule has 1 heterocycles. The van der Waals surface area contributed by atoms with Gasteiger partial charge in [-0.25, -0.2) is 0 Å². The fourth-order valence-electron chi connectivity index (χ4n) is 2.40. The number of fused-ring (bicyclic) bond motifs is 1. The van der Waals surface area contributed by atoms with E-state index in [0.29, 0.717) is 6.54 Å². The molecule has 21 heavy (non-hydrogen) atoms. The van der Waals surface area contributed by atoms with Crippen LogP contribution in [0.4, 0.5) is 5.69 Å². The Bertz CT molecular complexity index is 598. The molecular formula is C16H18BBrN2O. The summed E-state index contributed by atoms with van der Waals surface area (Å²) in [6.45, 7) is 5.16. The Morgan fingerprint density at radius 1 is 1.57 bits per heavy atom. The van der Waals surface area contributed by atoms with Gasteiger partial charge in [-0.2, -0.15) is 0 Å². The van der Waals surface area contributed by atoms with Gasteiger partial charge in [-0.15, -0.1) is 0 Å². The molecule has 0 spiro atoms. The minimum atomic E-state index is -0.540. The average Bonchev–Trinajstić information content (AvgIpc) is 2.76. The number of nitrogens with two attached hydrogens (primary N) is 1. The summed E-state index contributed by atoms with van der Waals surface area (Å²) in [5, 5.41) is 9.81. The molecule has 1 unspecified atom stereocenters. The number of rotatable bonds is 5. The predicted octanol–water partition coefficient (Wildman–Crippen LogP) is 1.47. The van der Waals surface area contributed by atoms with Crippen LogP contribution in [-0.2, 0) is 0 Å². The Morgan fingerprint density at radius 2 is 2.33 bits per heavy atom. The SMILES string of the molecule is [B]c1ccc2c(c1)/C(=C/C(Br)=C\C=C)CN2CC(O)CN.